The number of ether oxygens (including phenoxy) is 1. The lowest BCUT2D eigenvalue weighted by Crippen LogP contribution is -2.41. The van der Waals surface area contributed by atoms with Gasteiger partial charge in [0.1, 0.15) is 5.76 Å². The van der Waals surface area contributed by atoms with Gasteiger partial charge in [-0.05, 0) is 32.1 Å². The van der Waals surface area contributed by atoms with Crippen LogP contribution in [0.2, 0.25) is 0 Å². The largest absolute Gasteiger partial charge is 0.444 e. The molecular formula is C17H27N3O3. The van der Waals surface area contributed by atoms with Crippen molar-refractivity contribution in [1.29, 1.82) is 0 Å². The summed E-state index contributed by atoms with van der Waals surface area (Å²) >= 11 is 0. The summed E-state index contributed by atoms with van der Waals surface area (Å²) in [4.78, 5) is 20.7. The van der Waals surface area contributed by atoms with Crippen LogP contribution in [0.1, 0.15) is 37.8 Å². The van der Waals surface area contributed by atoms with Crippen LogP contribution in [-0.2, 0) is 16.1 Å². The molecule has 6 nitrogen and oxygen atoms in total. The second-order valence-corrected chi connectivity index (χ2v) is 6.77. The molecule has 2 fully saturated rings. The number of hydrogen-bond acceptors (Lipinski definition) is 5. The predicted octanol–water partition coefficient (Wildman–Crippen LogP) is 1.83. The molecule has 23 heavy (non-hydrogen) atoms. The van der Waals surface area contributed by atoms with Crippen molar-refractivity contribution >= 4 is 5.91 Å². The second kappa shape index (κ2) is 7.45. The van der Waals surface area contributed by atoms with Crippen LogP contribution in [0.5, 0.6) is 0 Å². The van der Waals surface area contributed by atoms with Crippen molar-refractivity contribution in [1.82, 2.24) is 14.8 Å². The topological polar surface area (TPSA) is 58.8 Å². The minimum atomic E-state index is 0.0961. The Morgan fingerprint density at radius 3 is 2.83 bits per heavy atom. The van der Waals surface area contributed by atoms with Crippen LogP contribution in [0.4, 0.5) is 0 Å². The molecule has 0 aromatic carbocycles. The molecule has 0 spiro atoms. The van der Waals surface area contributed by atoms with E-state index in [4.69, 9.17) is 9.15 Å². The SMILES string of the molecule is CC(=O)N(Cc1ncc(C)o1)[C@H]1CCN(CC2CCOCC2)C1. The first-order chi connectivity index (χ1) is 11.1. The Hall–Kier alpha value is -1.40. The first kappa shape index (κ1) is 16.5. The molecule has 0 radical (unpaired) electrons. The highest BCUT2D eigenvalue weighted by Gasteiger charge is 2.31. The highest BCUT2D eigenvalue weighted by atomic mass is 16.5. The molecule has 1 aromatic rings. The van der Waals surface area contributed by atoms with E-state index in [1.54, 1.807) is 13.1 Å². The standard InChI is InChI=1S/C17H27N3O3/c1-13-9-18-17(23-13)12-20(14(2)21)16-3-6-19(11-16)10-15-4-7-22-8-5-15/h9,15-16H,3-8,10-12H2,1-2H3/t16-/m0/s1. The zero-order valence-electron chi connectivity index (χ0n) is 14.2. The predicted molar refractivity (Wildman–Crippen MR) is 85.9 cm³/mol. The van der Waals surface area contributed by atoms with Crippen LogP contribution in [0.25, 0.3) is 0 Å². The molecule has 6 heteroatoms. The van der Waals surface area contributed by atoms with Crippen LogP contribution in [0.15, 0.2) is 10.6 Å². The molecule has 3 heterocycles. The van der Waals surface area contributed by atoms with E-state index < -0.39 is 0 Å². The molecule has 2 saturated heterocycles. The maximum Gasteiger partial charge on any atom is 0.220 e. The minimum absolute atomic E-state index is 0.0961. The van der Waals surface area contributed by atoms with Crippen molar-refractivity contribution < 1.29 is 13.9 Å². The maximum absolute atomic E-state index is 12.1. The fourth-order valence-corrected chi connectivity index (χ4v) is 3.64. The molecule has 2 aliphatic rings. The normalized spacial score (nSPS) is 23.3. The highest BCUT2D eigenvalue weighted by molar-refractivity contribution is 5.73. The first-order valence-corrected chi connectivity index (χ1v) is 8.60. The zero-order valence-corrected chi connectivity index (χ0v) is 14.2. The van der Waals surface area contributed by atoms with E-state index >= 15 is 0 Å². The summed E-state index contributed by atoms with van der Waals surface area (Å²) in [6.45, 7) is 8.92. The Balaban J connectivity index is 1.55. The Morgan fingerprint density at radius 1 is 1.39 bits per heavy atom. The fourth-order valence-electron chi connectivity index (χ4n) is 3.64. The van der Waals surface area contributed by atoms with Gasteiger partial charge in [0, 0.05) is 45.8 Å². The third kappa shape index (κ3) is 4.32. The summed E-state index contributed by atoms with van der Waals surface area (Å²) in [7, 11) is 0. The molecule has 1 aromatic heterocycles. The molecule has 0 bridgehead atoms. The number of amides is 1. The van der Waals surface area contributed by atoms with E-state index in [-0.39, 0.29) is 11.9 Å². The zero-order chi connectivity index (χ0) is 16.2. The van der Waals surface area contributed by atoms with E-state index in [2.05, 4.69) is 9.88 Å². The number of likely N-dealkylation sites (tertiary alicyclic amines) is 1. The molecule has 1 atom stereocenters. The van der Waals surface area contributed by atoms with Crippen LogP contribution in [-0.4, -0.2) is 59.6 Å². The molecule has 128 valence electrons. The van der Waals surface area contributed by atoms with Crippen LogP contribution >= 0.6 is 0 Å². The number of oxazole rings is 1. The number of aromatic nitrogens is 1. The fraction of sp³-hybridized carbons (Fsp3) is 0.765. The molecular weight excluding hydrogens is 294 g/mol. The van der Waals surface area contributed by atoms with Crippen molar-refractivity contribution in [2.24, 2.45) is 5.92 Å². The van der Waals surface area contributed by atoms with Gasteiger partial charge in [-0.25, -0.2) is 4.98 Å². The van der Waals surface area contributed by atoms with Crippen molar-refractivity contribution in [2.45, 2.75) is 45.7 Å². The lowest BCUT2D eigenvalue weighted by atomic mass is 10.00. The minimum Gasteiger partial charge on any atom is -0.444 e. The van der Waals surface area contributed by atoms with Crippen LogP contribution < -0.4 is 0 Å². The lowest BCUT2D eigenvalue weighted by Gasteiger charge is -2.29. The van der Waals surface area contributed by atoms with Gasteiger partial charge in [-0.15, -0.1) is 0 Å². The van der Waals surface area contributed by atoms with Crippen molar-refractivity contribution in [3.63, 3.8) is 0 Å². The number of aryl methyl sites for hydroxylation is 1. The molecule has 0 N–H and O–H groups in total. The average molecular weight is 321 g/mol. The third-order valence-corrected chi connectivity index (χ3v) is 4.92. The van der Waals surface area contributed by atoms with Gasteiger partial charge in [0.2, 0.25) is 11.8 Å². The summed E-state index contributed by atoms with van der Waals surface area (Å²) in [6, 6.07) is 0.263. The number of carbonyl (C=O) groups excluding carboxylic acids is 1. The van der Waals surface area contributed by atoms with E-state index in [9.17, 15) is 4.79 Å². The lowest BCUT2D eigenvalue weighted by molar-refractivity contribution is -0.132. The van der Waals surface area contributed by atoms with E-state index in [0.717, 1.165) is 63.8 Å². The Kier molecular flexibility index (Phi) is 5.33. The van der Waals surface area contributed by atoms with Gasteiger partial charge < -0.3 is 19.0 Å². The number of nitrogens with zero attached hydrogens (tertiary/aromatic N) is 3. The molecule has 1 amide bonds. The third-order valence-electron chi connectivity index (χ3n) is 4.92. The number of hydrogen-bond donors (Lipinski definition) is 0. The molecule has 0 unspecified atom stereocenters. The van der Waals surface area contributed by atoms with Crippen LogP contribution in [0, 0.1) is 12.8 Å². The quantitative estimate of drug-likeness (QED) is 0.828. The summed E-state index contributed by atoms with van der Waals surface area (Å²) < 4.78 is 11.0. The van der Waals surface area contributed by atoms with Crippen LogP contribution in [0.3, 0.4) is 0 Å². The van der Waals surface area contributed by atoms with E-state index in [1.807, 2.05) is 11.8 Å². The summed E-state index contributed by atoms with van der Waals surface area (Å²) in [5.74, 6) is 2.25. The van der Waals surface area contributed by atoms with Gasteiger partial charge in [-0.1, -0.05) is 0 Å². The smallest absolute Gasteiger partial charge is 0.220 e. The monoisotopic (exact) mass is 321 g/mol. The van der Waals surface area contributed by atoms with Gasteiger partial charge in [0.25, 0.3) is 0 Å². The van der Waals surface area contributed by atoms with Gasteiger partial charge in [0.05, 0.1) is 12.7 Å². The van der Waals surface area contributed by atoms with Crippen molar-refractivity contribution in [3.8, 4) is 0 Å². The molecule has 2 aliphatic heterocycles. The summed E-state index contributed by atoms with van der Waals surface area (Å²) in [5.41, 5.74) is 0. The van der Waals surface area contributed by atoms with E-state index in [0.29, 0.717) is 12.4 Å². The Bertz CT molecular complexity index is 525. The highest BCUT2D eigenvalue weighted by Crippen LogP contribution is 2.22. The van der Waals surface area contributed by atoms with Crippen molar-refractivity contribution in [2.75, 3.05) is 32.8 Å². The average Bonchev–Trinajstić information content (AvgIpc) is 3.15. The van der Waals surface area contributed by atoms with Crippen molar-refractivity contribution in [3.05, 3.63) is 17.8 Å². The first-order valence-electron chi connectivity index (χ1n) is 8.60. The van der Waals surface area contributed by atoms with Gasteiger partial charge in [0.15, 0.2) is 0 Å². The van der Waals surface area contributed by atoms with Gasteiger partial charge >= 0.3 is 0 Å². The Labute approximate surface area is 137 Å². The number of carbonyl (C=O) groups is 1. The summed E-state index contributed by atoms with van der Waals surface area (Å²) in [6.07, 6.45) is 5.06. The number of rotatable bonds is 5. The second-order valence-electron chi connectivity index (χ2n) is 6.77. The molecule has 0 aliphatic carbocycles. The van der Waals surface area contributed by atoms with Gasteiger partial charge in [-0.2, -0.15) is 0 Å². The molecule has 3 rings (SSSR count). The van der Waals surface area contributed by atoms with E-state index in [1.165, 1.54) is 0 Å². The summed E-state index contributed by atoms with van der Waals surface area (Å²) in [5, 5.41) is 0. The maximum atomic E-state index is 12.1. The van der Waals surface area contributed by atoms with Gasteiger partial charge in [-0.3, -0.25) is 4.79 Å². The Morgan fingerprint density at radius 2 is 2.17 bits per heavy atom. The molecule has 0 saturated carbocycles.